The van der Waals surface area contributed by atoms with Gasteiger partial charge in [0.25, 0.3) is 0 Å². The van der Waals surface area contributed by atoms with E-state index < -0.39 is 0 Å². The van der Waals surface area contributed by atoms with Gasteiger partial charge in [-0.1, -0.05) is 12.1 Å². The van der Waals surface area contributed by atoms with Gasteiger partial charge in [-0.05, 0) is 50.3 Å². The average Bonchev–Trinajstić information content (AvgIpc) is 3.22. The highest BCUT2D eigenvalue weighted by Crippen LogP contribution is 2.21. The smallest absolute Gasteiger partial charge is 0.125 e. The SMILES string of the molecule is CN(C)C1CCN(Cc2ccc(-n3cnc4ccc(F)cc43)cc2)C1. The molecule has 1 aliphatic rings. The van der Waals surface area contributed by atoms with Gasteiger partial charge in [-0.2, -0.15) is 0 Å². The number of hydrogen-bond acceptors (Lipinski definition) is 3. The fourth-order valence-electron chi connectivity index (χ4n) is 3.58. The normalized spacial score (nSPS) is 18.5. The van der Waals surface area contributed by atoms with Gasteiger partial charge in [-0.15, -0.1) is 0 Å². The Morgan fingerprint density at radius 2 is 1.96 bits per heavy atom. The highest BCUT2D eigenvalue weighted by atomic mass is 19.1. The molecule has 0 N–H and O–H groups in total. The summed E-state index contributed by atoms with van der Waals surface area (Å²) in [6.07, 6.45) is 2.99. The number of fused-ring (bicyclic) bond motifs is 1. The Bertz CT molecular complexity index is 869. The number of nitrogens with zero attached hydrogens (tertiary/aromatic N) is 4. The van der Waals surface area contributed by atoms with Crippen LogP contribution in [-0.2, 0) is 6.54 Å². The molecule has 1 unspecified atom stereocenters. The summed E-state index contributed by atoms with van der Waals surface area (Å²) in [5.74, 6) is -0.240. The number of aromatic nitrogens is 2. The molecule has 25 heavy (non-hydrogen) atoms. The lowest BCUT2D eigenvalue weighted by Gasteiger charge is -2.20. The lowest BCUT2D eigenvalue weighted by molar-refractivity contribution is 0.264. The van der Waals surface area contributed by atoms with Crippen molar-refractivity contribution in [3.63, 3.8) is 0 Å². The van der Waals surface area contributed by atoms with E-state index in [0.717, 1.165) is 36.4 Å². The Kier molecular flexibility index (Phi) is 4.27. The minimum absolute atomic E-state index is 0.240. The molecule has 0 spiro atoms. The van der Waals surface area contributed by atoms with Crippen LogP contribution in [0.5, 0.6) is 0 Å². The molecular formula is C20H23FN4. The standard InChI is InChI=1S/C20H23FN4/c1-23(2)18-9-10-24(13-18)12-15-3-6-17(7-4-15)25-14-22-19-8-5-16(21)11-20(19)25/h3-8,11,14,18H,9-10,12-13H2,1-2H3. The van der Waals surface area contributed by atoms with Crippen LogP contribution in [0.25, 0.3) is 16.7 Å². The van der Waals surface area contributed by atoms with Gasteiger partial charge in [-0.3, -0.25) is 9.47 Å². The molecule has 4 rings (SSSR count). The van der Waals surface area contributed by atoms with E-state index in [0.29, 0.717) is 6.04 Å². The van der Waals surface area contributed by atoms with Crippen molar-refractivity contribution in [1.82, 2.24) is 19.4 Å². The van der Waals surface area contributed by atoms with E-state index in [-0.39, 0.29) is 5.82 Å². The van der Waals surface area contributed by atoms with Crippen molar-refractivity contribution >= 4 is 11.0 Å². The molecule has 2 heterocycles. The Morgan fingerprint density at radius 3 is 2.68 bits per heavy atom. The van der Waals surface area contributed by atoms with E-state index in [4.69, 9.17) is 0 Å². The summed E-state index contributed by atoms with van der Waals surface area (Å²) in [7, 11) is 4.31. The van der Waals surface area contributed by atoms with Crippen LogP contribution in [-0.4, -0.2) is 52.6 Å². The van der Waals surface area contributed by atoms with Crippen LogP contribution in [0, 0.1) is 5.82 Å². The maximum absolute atomic E-state index is 13.5. The predicted octanol–water partition coefficient (Wildman–Crippen LogP) is 3.30. The van der Waals surface area contributed by atoms with E-state index in [2.05, 4.69) is 53.1 Å². The second-order valence-electron chi connectivity index (χ2n) is 7.06. The molecule has 4 nitrogen and oxygen atoms in total. The van der Waals surface area contributed by atoms with Crippen LogP contribution in [0.4, 0.5) is 4.39 Å². The molecule has 130 valence electrons. The van der Waals surface area contributed by atoms with Crippen LogP contribution < -0.4 is 0 Å². The van der Waals surface area contributed by atoms with Crippen molar-refractivity contribution in [2.24, 2.45) is 0 Å². The maximum atomic E-state index is 13.5. The number of benzene rings is 2. The minimum Gasteiger partial charge on any atom is -0.305 e. The summed E-state index contributed by atoms with van der Waals surface area (Å²) in [6.45, 7) is 3.25. The molecule has 2 aromatic carbocycles. The van der Waals surface area contributed by atoms with Crippen LogP contribution in [0.3, 0.4) is 0 Å². The molecular weight excluding hydrogens is 315 g/mol. The topological polar surface area (TPSA) is 24.3 Å². The lowest BCUT2D eigenvalue weighted by atomic mass is 10.2. The van der Waals surface area contributed by atoms with Gasteiger partial charge in [0, 0.05) is 37.4 Å². The summed E-state index contributed by atoms with van der Waals surface area (Å²) in [5.41, 5.74) is 3.90. The fraction of sp³-hybridized carbons (Fsp3) is 0.350. The molecule has 1 atom stereocenters. The van der Waals surface area contributed by atoms with Gasteiger partial charge in [0.05, 0.1) is 11.0 Å². The Hall–Kier alpha value is -2.24. The summed E-state index contributed by atoms with van der Waals surface area (Å²) in [6, 6.07) is 13.8. The number of imidazole rings is 1. The zero-order valence-corrected chi connectivity index (χ0v) is 14.7. The zero-order chi connectivity index (χ0) is 17.4. The van der Waals surface area contributed by atoms with Gasteiger partial charge in [0.2, 0.25) is 0 Å². The first kappa shape index (κ1) is 16.2. The van der Waals surface area contributed by atoms with Crippen molar-refractivity contribution in [2.75, 3.05) is 27.2 Å². The lowest BCUT2D eigenvalue weighted by Crippen LogP contribution is -2.31. The summed E-state index contributed by atoms with van der Waals surface area (Å²) in [4.78, 5) is 9.16. The molecule has 0 aliphatic carbocycles. The van der Waals surface area contributed by atoms with Crippen molar-refractivity contribution in [1.29, 1.82) is 0 Å². The number of hydrogen-bond donors (Lipinski definition) is 0. The fourth-order valence-corrected chi connectivity index (χ4v) is 3.58. The van der Waals surface area contributed by atoms with Crippen LogP contribution in [0.15, 0.2) is 48.8 Å². The van der Waals surface area contributed by atoms with Crippen molar-refractivity contribution in [3.8, 4) is 5.69 Å². The molecule has 5 heteroatoms. The van der Waals surface area contributed by atoms with Gasteiger partial charge in [0.1, 0.15) is 12.1 Å². The Balaban J connectivity index is 1.51. The van der Waals surface area contributed by atoms with E-state index in [9.17, 15) is 4.39 Å². The molecule has 3 aromatic rings. The largest absolute Gasteiger partial charge is 0.305 e. The third-order valence-electron chi connectivity index (χ3n) is 5.11. The monoisotopic (exact) mass is 338 g/mol. The van der Waals surface area contributed by atoms with Gasteiger partial charge in [0.15, 0.2) is 0 Å². The Labute approximate surface area is 147 Å². The molecule has 0 bridgehead atoms. The first-order chi connectivity index (χ1) is 12.1. The number of rotatable bonds is 4. The van der Waals surface area contributed by atoms with Gasteiger partial charge in [-0.25, -0.2) is 9.37 Å². The third kappa shape index (κ3) is 3.30. The minimum atomic E-state index is -0.240. The highest BCUT2D eigenvalue weighted by molar-refractivity contribution is 5.77. The van der Waals surface area contributed by atoms with Crippen LogP contribution in [0.1, 0.15) is 12.0 Å². The van der Waals surface area contributed by atoms with Gasteiger partial charge < -0.3 is 4.90 Å². The van der Waals surface area contributed by atoms with Crippen molar-refractivity contribution in [3.05, 3.63) is 60.2 Å². The molecule has 1 fully saturated rings. The average molecular weight is 338 g/mol. The number of likely N-dealkylation sites (tertiary alicyclic amines) is 1. The second-order valence-corrected chi connectivity index (χ2v) is 7.06. The maximum Gasteiger partial charge on any atom is 0.125 e. The molecule has 1 aromatic heterocycles. The number of likely N-dealkylation sites (N-methyl/N-ethyl adjacent to an activating group) is 1. The first-order valence-corrected chi connectivity index (χ1v) is 8.71. The molecule has 1 saturated heterocycles. The molecule has 0 radical (unpaired) electrons. The third-order valence-corrected chi connectivity index (χ3v) is 5.11. The van der Waals surface area contributed by atoms with Crippen molar-refractivity contribution < 1.29 is 4.39 Å². The van der Waals surface area contributed by atoms with Crippen molar-refractivity contribution in [2.45, 2.75) is 19.0 Å². The van der Waals surface area contributed by atoms with E-state index in [1.165, 1.54) is 24.1 Å². The summed E-state index contributed by atoms with van der Waals surface area (Å²) in [5, 5.41) is 0. The summed E-state index contributed by atoms with van der Waals surface area (Å²) >= 11 is 0. The quantitative estimate of drug-likeness (QED) is 0.729. The Morgan fingerprint density at radius 1 is 1.16 bits per heavy atom. The summed E-state index contributed by atoms with van der Waals surface area (Å²) < 4.78 is 15.5. The van der Waals surface area contributed by atoms with Crippen LogP contribution >= 0.6 is 0 Å². The zero-order valence-electron chi connectivity index (χ0n) is 14.7. The molecule has 1 aliphatic heterocycles. The van der Waals surface area contributed by atoms with E-state index in [1.807, 2.05) is 4.57 Å². The molecule has 0 saturated carbocycles. The van der Waals surface area contributed by atoms with Gasteiger partial charge >= 0.3 is 0 Å². The highest BCUT2D eigenvalue weighted by Gasteiger charge is 2.23. The predicted molar refractivity (Wildman–Crippen MR) is 98.4 cm³/mol. The first-order valence-electron chi connectivity index (χ1n) is 8.71. The van der Waals surface area contributed by atoms with Crippen LogP contribution in [0.2, 0.25) is 0 Å². The number of halogens is 1. The molecule has 0 amide bonds. The van der Waals surface area contributed by atoms with E-state index >= 15 is 0 Å². The second kappa shape index (κ2) is 6.58. The van der Waals surface area contributed by atoms with E-state index in [1.54, 1.807) is 12.4 Å².